The molecule has 1 aliphatic rings. The van der Waals surface area contributed by atoms with Gasteiger partial charge in [-0.25, -0.2) is 13.5 Å². The first kappa shape index (κ1) is 8.01. The van der Waals surface area contributed by atoms with E-state index in [1.807, 2.05) is 0 Å². The van der Waals surface area contributed by atoms with E-state index in [0.29, 0.717) is 12.8 Å². The Morgan fingerprint density at radius 2 is 1.70 bits per heavy atom. The fourth-order valence-corrected chi connectivity index (χ4v) is 2.69. The van der Waals surface area contributed by atoms with Crippen molar-refractivity contribution in [3.63, 3.8) is 0 Å². The van der Waals surface area contributed by atoms with Gasteiger partial charge in [0.15, 0.2) is 0 Å². The molecule has 1 saturated heterocycles. The lowest BCUT2D eigenvalue weighted by molar-refractivity contribution is 0.138. The van der Waals surface area contributed by atoms with Gasteiger partial charge in [0.2, 0.25) is 0 Å². The molecular formula is C6H11O3S. The quantitative estimate of drug-likeness (QED) is 0.556. The molecule has 0 unspecified atom stereocenters. The minimum absolute atomic E-state index is 0.114. The Morgan fingerprint density at radius 3 is 2.10 bits per heavy atom. The molecule has 1 heterocycles. The highest BCUT2D eigenvalue weighted by Gasteiger charge is 2.22. The van der Waals surface area contributed by atoms with Gasteiger partial charge in [-0.15, -0.1) is 0 Å². The molecule has 3 nitrogen and oxygen atoms in total. The van der Waals surface area contributed by atoms with Crippen LogP contribution in [-0.2, 0) is 14.9 Å². The summed E-state index contributed by atoms with van der Waals surface area (Å²) >= 11 is 0. The van der Waals surface area contributed by atoms with E-state index in [1.54, 1.807) is 0 Å². The molecule has 0 amide bonds. The minimum atomic E-state index is -2.76. The van der Waals surface area contributed by atoms with Gasteiger partial charge in [-0.2, -0.15) is 0 Å². The van der Waals surface area contributed by atoms with E-state index in [4.69, 9.17) is 0 Å². The van der Waals surface area contributed by atoms with Crippen molar-refractivity contribution >= 4 is 9.84 Å². The first-order valence-corrected chi connectivity index (χ1v) is 5.25. The van der Waals surface area contributed by atoms with Crippen molar-refractivity contribution in [1.82, 2.24) is 0 Å². The Morgan fingerprint density at radius 1 is 1.20 bits per heavy atom. The molecule has 0 N–H and O–H groups in total. The monoisotopic (exact) mass is 163 g/mol. The van der Waals surface area contributed by atoms with Gasteiger partial charge in [-0.05, 0) is 18.8 Å². The fraction of sp³-hybridized carbons (Fsp3) is 1.00. The van der Waals surface area contributed by atoms with Crippen molar-refractivity contribution < 1.29 is 13.5 Å². The highest BCUT2D eigenvalue weighted by Crippen LogP contribution is 2.17. The van der Waals surface area contributed by atoms with E-state index in [0.717, 1.165) is 0 Å². The average molecular weight is 163 g/mol. The van der Waals surface area contributed by atoms with Crippen LogP contribution in [0, 0.1) is 5.92 Å². The molecule has 0 saturated carbocycles. The number of hydrogen-bond donors (Lipinski definition) is 0. The predicted molar refractivity (Wildman–Crippen MR) is 36.9 cm³/mol. The lowest BCUT2D eigenvalue weighted by Crippen LogP contribution is -2.24. The number of hydrogen-bond acceptors (Lipinski definition) is 2. The van der Waals surface area contributed by atoms with E-state index in [1.165, 1.54) is 0 Å². The summed E-state index contributed by atoms with van der Waals surface area (Å²) in [5.74, 6) is 0.559. The third kappa shape index (κ3) is 1.95. The van der Waals surface area contributed by atoms with Crippen LogP contribution in [0.5, 0.6) is 0 Å². The van der Waals surface area contributed by atoms with E-state index >= 15 is 0 Å². The van der Waals surface area contributed by atoms with Gasteiger partial charge in [-0.1, -0.05) is 0 Å². The summed E-state index contributed by atoms with van der Waals surface area (Å²) in [4.78, 5) is 0. The molecule has 1 rings (SSSR count). The van der Waals surface area contributed by atoms with E-state index in [2.05, 4.69) is 0 Å². The van der Waals surface area contributed by atoms with Gasteiger partial charge in [0, 0.05) is 0 Å². The molecule has 59 valence electrons. The van der Waals surface area contributed by atoms with E-state index in [-0.39, 0.29) is 24.0 Å². The Bertz CT molecular complexity index is 181. The molecule has 0 spiro atoms. The number of sulfone groups is 1. The van der Waals surface area contributed by atoms with Crippen LogP contribution < -0.4 is 0 Å². The van der Waals surface area contributed by atoms with Gasteiger partial charge < -0.3 is 0 Å². The maximum atomic E-state index is 10.8. The Balaban J connectivity index is 2.46. The van der Waals surface area contributed by atoms with Crippen LogP contribution >= 0.6 is 0 Å². The molecule has 1 aliphatic heterocycles. The van der Waals surface area contributed by atoms with Crippen molar-refractivity contribution in [1.29, 1.82) is 0 Å². The molecule has 0 bridgehead atoms. The second kappa shape index (κ2) is 2.88. The second-order valence-electron chi connectivity index (χ2n) is 2.76. The first-order chi connectivity index (χ1) is 4.64. The molecule has 1 radical (unpaired) electrons. The molecule has 10 heavy (non-hydrogen) atoms. The summed E-state index contributed by atoms with van der Waals surface area (Å²) in [7, 11) is -2.76. The van der Waals surface area contributed by atoms with Gasteiger partial charge >= 0.3 is 0 Å². The second-order valence-corrected chi connectivity index (χ2v) is 5.07. The molecule has 0 aromatic heterocycles. The summed E-state index contributed by atoms with van der Waals surface area (Å²) in [6, 6.07) is 0. The molecule has 0 aromatic carbocycles. The maximum absolute atomic E-state index is 10.8. The smallest absolute Gasteiger partial charge is 0.150 e. The lowest BCUT2D eigenvalue weighted by Gasteiger charge is -2.18. The summed E-state index contributed by atoms with van der Waals surface area (Å²) in [5.41, 5.74) is 0. The summed E-state index contributed by atoms with van der Waals surface area (Å²) in [6.07, 6.45) is 1.15. The molecule has 0 aromatic rings. The average Bonchev–Trinajstić information content (AvgIpc) is 1.88. The maximum Gasteiger partial charge on any atom is 0.150 e. The van der Waals surface area contributed by atoms with Crippen molar-refractivity contribution in [3.8, 4) is 0 Å². The summed E-state index contributed by atoms with van der Waals surface area (Å²) in [6.45, 7) is -0.116. The van der Waals surface area contributed by atoms with Crippen LogP contribution in [0.3, 0.4) is 0 Å². The predicted octanol–water partition coefficient (Wildman–Crippen LogP) is 0.242. The number of rotatable bonds is 1. The van der Waals surface area contributed by atoms with Crippen LogP contribution in [0.4, 0.5) is 0 Å². The Labute approximate surface area is 61.0 Å². The minimum Gasteiger partial charge on any atom is -0.236 e. The summed E-state index contributed by atoms with van der Waals surface area (Å²) < 4.78 is 21.6. The van der Waals surface area contributed by atoms with Gasteiger partial charge in [0.1, 0.15) is 9.84 Å². The molecule has 0 atom stereocenters. The van der Waals surface area contributed by atoms with Crippen LogP contribution in [-0.4, -0.2) is 26.5 Å². The zero-order valence-electron chi connectivity index (χ0n) is 5.75. The van der Waals surface area contributed by atoms with Crippen molar-refractivity contribution in [2.24, 2.45) is 5.92 Å². The van der Waals surface area contributed by atoms with Gasteiger partial charge in [0.25, 0.3) is 0 Å². The van der Waals surface area contributed by atoms with E-state index < -0.39 is 9.84 Å². The fourth-order valence-electron chi connectivity index (χ4n) is 1.11. The van der Waals surface area contributed by atoms with Crippen molar-refractivity contribution in [2.75, 3.05) is 18.1 Å². The largest absolute Gasteiger partial charge is 0.236 e. The zero-order chi connectivity index (χ0) is 7.61. The van der Waals surface area contributed by atoms with Crippen molar-refractivity contribution in [2.45, 2.75) is 12.8 Å². The third-order valence-electron chi connectivity index (χ3n) is 1.91. The summed E-state index contributed by atoms with van der Waals surface area (Å²) in [5, 5.41) is 10.3. The third-order valence-corrected chi connectivity index (χ3v) is 3.63. The Hall–Kier alpha value is -0.0900. The van der Waals surface area contributed by atoms with Crippen LogP contribution in [0.15, 0.2) is 0 Å². The molecular weight excluding hydrogens is 152 g/mol. The zero-order valence-corrected chi connectivity index (χ0v) is 6.56. The van der Waals surface area contributed by atoms with Crippen LogP contribution in [0.2, 0.25) is 0 Å². The van der Waals surface area contributed by atoms with Gasteiger partial charge in [0.05, 0.1) is 18.1 Å². The van der Waals surface area contributed by atoms with Crippen LogP contribution in [0.1, 0.15) is 12.8 Å². The Kier molecular flexibility index (Phi) is 2.31. The van der Waals surface area contributed by atoms with Crippen LogP contribution in [0.25, 0.3) is 0 Å². The highest BCUT2D eigenvalue weighted by molar-refractivity contribution is 7.91. The van der Waals surface area contributed by atoms with Gasteiger partial charge in [-0.3, -0.25) is 0 Å². The molecule has 0 aliphatic carbocycles. The topological polar surface area (TPSA) is 54.0 Å². The van der Waals surface area contributed by atoms with Crippen molar-refractivity contribution in [3.05, 3.63) is 0 Å². The van der Waals surface area contributed by atoms with E-state index in [9.17, 15) is 13.5 Å². The normalized spacial score (nSPS) is 26.5. The SMILES string of the molecule is [O]CC1CCS(=O)(=O)CC1. The molecule has 1 fully saturated rings. The lowest BCUT2D eigenvalue weighted by atomic mass is 10.1. The first-order valence-electron chi connectivity index (χ1n) is 3.42. The highest BCUT2D eigenvalue weighted by atomic mass is 32.2. The standard InChI is InChI=1S/C6H11O3S/c7-5-6-1-3-10(8,9)4-2-6/h6H,1-5H2. The molecule has 4 heteroatoms.